The number of para-hydroxylation sites is 1. The van der Waals surface area contributed by atoms with Gasteiger partial charge in [-0.3, -0.25) is 4.79 Å². The van der Waals surface area contributed by atoms with Gasteiger partial charge in [0.1, 0.15) is 17.7 Å². The zero-order chi connectivity index (χ0) is 17.7. The number of hydrogen-bond donors (Lipinski definition) is 0. The number of carbonyl (C=O) groups excluding carboxylic acids is 1. The lowest BCUT2D eigenvalue weighted by Crippen LogP contribution is -2.40. The first kappa shape index (κ1) is 15.3. The first-order valence-electron chi connectivity index (χ1n) is 8.49. The zero-order valence-electron chi connectivity index (χ0n) is 13.8. The minimum Gasteiger partial charge on any atom is -0.481 e. The summed E-state index contributed by atoms with van der Waals surface area (Å²) in [5.74, 6) is 0.146. The van der Waals surface area contributed by atoms with Crippen LogP contribution < -0.4 is 4.74 Å². The van der Waals surface area contributed by atoms with Gasteiger partial charge in [-0.05, 0) is 35.4 Å². The molecule has 5 rings (SSSR count). The quantitative estimate of drug-likeness (QED) is 0.634. The molecule has 2 aliphatic heterocycles. The van der Waals surface area contributed by atoms with E-state index in [4.69, 9.17) is 9.47 Å². The molecule has 0 unspecified atom stereocenters. The van der Waals surface area contributed by atoms with Crippen molar-refractivity contribution in [3.63, 3.8) is 0 Å². The molecule has 128 valence electrons. The summed E-state index contributed by atoms with van der Waals surface area (Å²) in [5, 5.41) is 0. The smallest absolute Gasteiger partial charge is 0.205 e. The van der Waals surface area contributed by atoms with Crippen LogP contribution in [0.4, 0.5) is 4.39 Å². The molecule has 1 saturated heterocycles. The van der Waals surface area contributed by atoms with Gasteiger partial charge in [0.25, 0.3) is 0 Å². The highest BCUT2D eigenvalue weighted by molar-refractivity contribution is 6.08. The van der Waals surface area contributed by atoms with Crippen molar-refractivity contribution in [2.75, 3.05) is 0 Å². The number of hydrogen-bond acceptors (Lipinski definition) is 3. The van der Waals surface area contributed by atoms with E-state index in [1.807, 2.05) is 42.5 Å². The van der Waals surface area contributed by atoms with E-state index in [0.29, 0.717) is 11.3 Å². The number of benzene rings is 3. The predicted molar refractivity (Wildman–Crippen MR) is 93.5 cm³/mol. The third-order valence-electron chi connectivity index (χ3n) is 5.04. The van der Waals surface area contributed by atoms with Gasteiger partial charge in [-0.2, -0.15) is 0 Å². The lowest BCUT2D eigenvalue weighted by atomic mass is 9.81. The van der Waals surface area contributed by atoms with Crippen molar-refractivity contribution < 1.29 is 18.7 Å². The Balaban J connectivity index is 1.64. The Hall–Kier alpha value is -2.98. The fraction of sp³-hybridized carbons (Fsp3) is 0.136. The number of ketones is 1. The van der Waals surface area contributed by atoms with Gasteiger partial charge in [-0.15, -0.1) is 0 Å². The van der Waals surface area contributed by atoms with Crippen LogP contribution >= 0.6 is 0 Å². The fourth-order valence-corrected chi connectivity index (χ4v) is 3.73. The summed E-state index contributed by atoms with van der Waals surface area (Å²) in [6.45, 7) is 0. The SMILES string of the molecule is O=C1c2ccccc2O[C@H](c2ccccc2)[C@]12O[C@@H]2c1ccc(F)cc1. The fourth-order valence-electron chi connectivity index (χ4n) is 3.73. The number of ether oxygens (including phenoxy) is 2. The van der Waals surface area contributed by atoms with E-state index in [-0.39, 0.29) is 11.6 Å². The largest absolute Gasteiger partial charge is 0.481 e. The first-order valence-corrected chi connectivity index (χ1v) is 8.49. The molecular formula is C22H15FO3. The summed E-state index contributed by atoms with van der Waals surface area (Å²) in [6.07, 6.45) is -1.02. The van der Waals surface area contributed by atoms with Crippen LogP contribution in [0.2, 0.25) is 0 Å². The molecule has 0 aromatic heterocycles. The van der Waals surface area contributed by atoms with Crippen LogP contribution in [0.5, 0.6) is 5.75 Å². The van der Waals surface area contributed by atoms with Crippen LogP contribution in [0, 0.1) is 5.82 Å². The summed E-state index contributed by atoms with van der Waals surface area (Å²) < 4.78 is 25.5. The van der Waals surface area contributed by atoms with E-state index >= 15 is 0 Å². The van der Waals surface area contributed by atoms with Crippen molar-refractivity contribution in [2.24, 2.45) is 0 Å². The van der Waals surface area contributed by atoms with Gasteiger partial charge in [0.05, 0.1) is 5.56 Å². The molecule has 2 heterocycles. The average molecular weight is 346 g/mol. The van der Waals surface area contributed by atoms with E-state index in [0.717, 1.165) is 11.1 Å². The number of Topliss-reactive ketones (excluding diaryl/α,β-unsaturated/α-hetero) is 1. The van der Waals surface area contributed by atoms with Crippen molar-refractivity contribution in [2.45, 2.75) is 17.8 Å². The second-order valence-electron chi connectivity index (χ2n) is 6.58. The van der Waals surface area contributed by atoms with Gasteiger partial charge in [0.2, 0.25) is 11.4 Å². The summed E-state index contributed by atoms with van der Waals surface area (Å²) in [4.78, 5) is 13.4. The summed E-state index contributed by atoms with van der Waals surface area (Å²) in [5.41, 5.74) is 1.04. The minimum absolute atomic E-state index is 0.0949. The molecule has 3 aromatic carbocycles. The maximum absolute atomic E-state index is 13.4. The highest BCUT2D eigenvalue weighted by Crippen LogP contribution is 2.61. The van der Waals surface area contributed by atoms with Gasteiger partial charge in [0.15, 0.2) is 6.10 Å². The highest BCUT2D eigenvalue weighted by Gasteiger charge is 2.71. The van der Waals surface area contributed by atoms with Crippen molar-refractivity contribution in [3.8, 4) is 5.75 Å². The third-order valence-corrected chi connectivity index (χ3v) is 5.04. The van der Waals surface area contributed by atoms with Crippen LogP contribution in [-0.4, -0.2) is 11.4 Å². The molecule has 3 atom stereocenters. The molecule has 1 spiro atoms. The third kappa shape index (κ3) is 2.12. The van der Waals surface area contributed by atoms with Crippen LogP contribution in [0.15, 0.2) is 78.9 Å². The second kappa shape index (κ2) is 5.51. The number of rotatable bonds is 2. The molecule has 0 amide bonds. The van der Waals surface area contributed by atoms with Crippen LogP contribution in [0.1, 0.15) is 33.7 Å². The molecule has 26 heavy (non-hydrogen) atoms. The minimum atomic E-state index is -1.12. The number of carbonyl (C=O) groups is 1. The lowest BCUT2D eigenvalue weighted by molar-refractivity contribution is 0.0523. The van der Waals surface area contributed by atoms with Crippen molar-refractivity contribution in [3.05, 3.63) is 101 Å². The summed E-state index contributed by atoms with van der Waals surface area (Å²) in [6, 6.07) is 22.9. The Bertz CT molecular complexity index is 984. The molecule has 0 bridgehead atoms. The lowest BCUT2D eigenvalue weighted by Gasteiger charge is -2.31. The zero-order valence-corrected chi connectivity index (χ0v) is 13.8. The van der Waals surface area contributed by atoms with Crippen LogP contribution in [0.25, 0.3) is 0 Å². The molecule has 0 radical (unpaired) electrons. The topological polar surface area (TPSA) is 38.8 Å². The Kier molecular flexibility index (Phi) is 3.24. The first-order chi connectivity index (χ1) is 12.7. The van der Waals surface area contributed by atoms with Gasteiger partial charge < -0.3 is 9.47 Å². The van der Waals surface area contributed by atoms with Crippen molar-refractivity contribution in [1.82, 2.24) is 0 Å². The van der Waals surface area contributed by atoms with Gasteiger partial charge in [-0.25, -0.2) is 4.39 Å². The monoisotopic (exact) mass is 346 g/mol. The van der Waals surface area contributed by atoms with Crippen LogP contribution in [0.3, 0.4) is 0 Å². The standard InChI is InChI=1S/C22H15FO3/c23-16-12-10-15(11-13-16)21-22(26-21)19(24)17-8-4-5-9-18(17)25-20(22)14-6-2-1-3-7-14/h1-13,20-21H/t20-,21-,22-/m1/s1. The van der Waals surface area contributed by atoms with E-state index < -0.39 is 17.8 Å². The molecule has 3 aromatic rings. The van der Waals surface area contributed by atoms with E-state index in [1.165, 1.54) is 12.1 Å². The maximum Gasteiger partial charge on any atom is 0.205 e. The molecule has 1 fully saturated rings. The van der Waals surface area contributed by atoms with E-state index in [2.05, 4.69) is 0 Å². The summed E-state index contributed by atoms with van der Waals surface area (Å²) >= 11 is 0. The Morgan fingerprint density at radius 3 is 2.19 bits per heavy atom. The Morgan fingerprint density at radius 2 is 1.42 bits per heavy atom. The number of fused-ring (bicyclic) bond motifs is 1. The molecule has 4 heteroatoms. The molecule has 2 aliphatic rings. The van der Waals surface area contributed by atoms with E-state index in [9.17, 15) is 9.18 Å². The molecule has 0 aliphatic carbocycles. The molecule has 0 N–H and O–H groups in total. The highest BCUT2D eigenvalue weighted by atomic mass is 19.1. The normalized spacial score (nSPS) is 26.3. The van der Waals surface area contributed by atoms with Crippen molar-refractivity contribution in [1.29, 1.82) is 0 Å². The van der Waals surface area contributed by atoms with Crippen molar-refractivity contribution >= 4 is 5.78 Å². The molecular weight excluding hydrogens is 331 g/mol. The second-order valence-corrected chi connectivity index (χ2v) is 6.58. The maximum atomic E-state index is 13.4. The molecule has 0 saturated carbocycles. The number of epoxide rings is 1. The number of halogens is 1. The van der Waals surface area contributed by atoms with Gasteiger partial charge in [0, 0.05) is 0 Å². The average Bonchev–Trinajstić information content (AvgIpc) is 3.42. The van der Waals surface area contributed by atoms with Crippen LogP contribution in [-0.2, 0) is 4.74 Å². The van der Waals surface area contributed by atoms with E-state index in [1.54, 1.807) is 24.3 Å². The Labute approximate surface area is 150 Å². The van der Waals surface area contributed by atoms with Gasteiger partial charge >= 0.3 is 0 Å². The van der Waals surface area contributed by atoms with Gasteiger partial charge in [-0.1, -0.05) is 54.6 Å². The molecule has 3 nitrogen and oxygen atoms in total. The summed E-state index contributed by atoms with van der Waals surface area (Å²) in [7, 11) is 0. The Morgan fingerprint density at radius 1 is 0.769 bits per heavy atom. The predicted octanol–water partition coefficient (Wildman–Crippen LogP) is 4.65.